The topological polar surface area (TPSA) is 116 Å². The third-order valence-electron chi connectivity index (χ3n) is 6.56. The summed E-state index contributed by atoms with van der Waals surface area (Å²) >= 11 is 8.93. The van der Waals surface area contributed by atoms with E-state index in [9.17, 15) is 9.59 Å². The number of hydrogen-bond acceptors (Lipinski definition) is 8. The summed E-state index contributed by atoms with van der Waals surface area (Å²) in [7, 11) is 0. The molecular weight excluding hydrogens is 632 g/mol. The van der Waals surface area contributed by atoms with E-state index >= 15 is 0 Å². The average Bonchev–Trinajstić information content (AvgIpc) is 3.73. The van der Waals surface area contributed by atoms with Crippen LogP contribution in [0.2, 0.25) is 5.02 Å². The van der Waals surface area contributed by atoms with E-state index in [1.54, 1.807) is 30.0 Å². The molecule has 5 aromatic rings. The van der Waals surface area contributed by atoms with Gasteiger partial charge in [-0.25, -0.2) is 14.5 Å². The summed E-state index contributed by atoms with van der Waals surface area (Å²) in [5, 5.41) is 14.8. The molecule has 1 aliphatic heterocycles. The first kappa shape index (κ1) is 31.8. The van der Waals surface area contributed by atoms with E-state index in [0.29, 0.717) is 31.3 Å². The molecule has 230 valence electrons. The fraction of sp³-hybridized carbons (Fsp3) is 0.182. The highest BCUT2D eigenvalue weighted by molar-refractivity contribution is 7.10. The van der Waals surface area contributed by atoms with Crippen LogP contribution in [-0.2, 0) is 14.3 Å². The molecule has 12 heteroatoms. The maximum absolute atomic E-state index is 14.1. The van der Waals surface area contributed by atoms with Crippen LogP contribution in [0.25, 0.3) is 23.0 Å². The number of thiazole rings is 1. The maximum atomic E-state index is 14.1. The highest BCUT2D eigenvalue weighted by atomic mass is 35.5. The normalized spacial score (nSPS) is 14.4. The fourth-order valence-electron chi connectivity index (χ4n) is 4.76. The quantitative estimate of drug-likeness (QED) is 0.229. The zero-order valence-electron chi connectivity index (χ0n) is 24.8. The molecule has 3 aromatic heterocycles. The van der Waals surface area contributed by atoms with Crippen molar-refractivity contribution in [2.24, 2.45) is 4.99 Å². The van der Waals surface area contributed by atoms with Crippen LogP contribution < -0.4 is 14.9 Å². The van der Waals surface area contributed by atoms with Gasteiger partial charge in [0.05, 0.1) is 27.6 Å². The van der Waals surface area contributed by atoms with E-state index in [1.807, 2.05) is 84.4 Å². The number of para-hydroxylation sites is 1. The van der Waals surface area contributed by atoms with Gasteiger partial charge in [-0.3, -0.25) is 14.2 Å². The number of ether oxygens (including phenoxy) is 1. The van der Waals surface area contributed by atoms with E-state index < -0.39 is 18.0 Å². The zero-order valence-corrected chi connectivity index (χ0v) is 27.2. The summed E-state index contributed by atoms with van der Waals surface area (Å²) in [5.41, 5.74) is 3.93. The Morgan fingerprint density at radius 2 is 1.76 bits per heavy atom. The minimum atomic E-state index is -0.833. The number of halogens is 1. The van der Waals surface area contributed by atoms with Crippen molar-refractivity contribution in [2.75, 3.05) is 0 Å². The molecule has 4 heterocycles. The molecular formula is C33H29ClN4O5S2. The van der Waals surface area contributed by atoms with Gasteiger partial charge in [-0.05, 0) is 62.6 Å². The Balaban J connectivity index is 0.000000945. The molecule has 6 rings (SSSR count). The van der Waals surface area contributed by atoms with Crippen molar-refractivity contribution in [1.82, 2.24) is 14.3 Å². The summed E-state index contributed by atoms with van der Waals surface area (Å²) in [6, 6.07) is 20.5. The number of allylic oxidation sites excluding steroid dienone is 1. The number of carbonyl (C=O) groups excluding carboxylic acids is 1. The lowest BCUT2D eigenvalue weighted by atomic mass is 10.0. The van der Waals surface area contributed by atoms with E-state index in [0.717, 1.165) is 28.6 Å². The zero-order chi connectivity index (χ0) is 32.2. The van der Waals surface area contributed by atoms with E-state index in [-0.39, 0.29) is 11.7 Å². The molecule has 0 bridgehead atoms. The van der Waals surface area contributed by atoms with Crippen molar-refractivity contribution in [3.05, 3.63) is 125 Å². The maximum Gasteiger partial charge on any atom is 0.338 e. The Kier molecular flexibility index (Phi) is 9.62. The summed E-state index contributed by atoms with van der Waals surface area (Å²) in [4.78, 5) is 42.4. The Bertz CT molecular complexity index is 2060. The Labute approximate surface area is 271 Å². The molecule has 45 heavy (non-hydrogen) atoms. The van der Waals surface area contributed by atoms with Crippen LogP contribution in [0.5, 0.6) is 0 Å². The molecule has 0 aliphatic carbocycles. The van der Waals surface area contributed by atoms with Crippen LogP contribution in [0, 0.1) is 0 Å². The van der Waals surface area contributed by atoms with Gasteiger partial charge in [0, 0.05) is 34.1 Å². The van der Waals surface area contributed by atoms with Gasteiger partial charge in [-0.1, -0.05) is 59.3 Å². The number of thiophene rings is 1. The second kappa shape index (κ2) is 13.6. The van der Waals surface area contributed by atoms with Gasteiger partial charge in [0.25, 0.3) is 11.5 Å². The first-order valence-electron chi connectivity index (χ1n) is 13.9. The lowest BCUT2D eigenvalue weighted by Crippen LogP contribution is -2.39. The molecule has 1 atom stereocenters. The predicted octanol–water partition coefficient (Wildman–Crippen LogP) is 5.85. The van der Waals surface area contributed by atoms with E-state index in [1.165, 1.54) is 22.7 Å². The van der Waals surface area contributed by atoms with Gasteiger partial charge >= 0.3 is 5.97 Å². The van der Waals surface area contributed by atoms with Gasteiger partial charge < -0.3 is 9.84 Å². The number of esters is 1. The van der Waals surface area contributed by atoms with Gasteiger partial charge in [-0.15, -0.1) is 11.3 Å². The predicted molar refractivity (Wildman–Crippen MR) is 177 cm³/mol. The first-order valence-corrected chi connectivity index (χ1v) is 16.0. The fourth-order valence-corrected chi connectivity index (χ4v) is 6.74. The van der Waals surface area contributed by atoms with Crippen LogP contribution in [0.4, 0.5) is 0 Å². The summed E-state index contributed by atoms with van der Waals surface area (Å²) in [6.07, 6.45) is 3.45. The van der Waals surface area contributed by atoms with E-state index in [2.05, 4.69) is 0 Å². The van der Waals surface area contributed by atoms with Crippen molar-refractivity contribution in [1.29, 1.82) is 0 Å². The van der Waals surface area contributed by atoms with Gasteiger partial charge in [0.1, 0.15) is 11.7 Å². The minimum absolute atomic E-state index is 0.232. The van der Waals surface area contributed by atoms with Crippen molar-refractivity contribution >= 4 is 52.3 Å². The molecule has 9 nitrogen and oxygen atoms in total. The molecule has 0 saturated heterocycles. The number of benzene rings is 2. The first-order chi connectivity index (χ1) is 21.5. The molecule has 0 spiro atoms. The van der Waals surface area contributed by atoms with Gasteiger partial charge in [0.15, 0.2) is 4.80 Å². The van der Waals surface area contributed by atoms with Gasteiger partial charge in [0.2, 0.25) is 0 Å². The van der Waals surface area contributed by atoms with Crippen LogP contribution in [0.15, 0.2) is 99.4 Å². The molecule has 1 N–H and O–H groups in total. The Hall–Kier alpha value is -4.58. The van der Waals surface area contributed by atoms with Crippen LogP contribution in [0.3, 0.4) is 0 Å². The highest BCUT2D eigenvalue weighted by Crippen LogP contribution is 2.33. The van der Waals surface area contributed by atoms with Gasteiger partial charge in [-0.2, -0.15) is 5.10 Å². The molecule has 0 fully saturated rings. The third kappa shape index (κ3) is 7.06. The number of carbonyl (C=O) groups is 2. The Morgan fingerprint density at radius 3 is 2.38 bits per heavy atom. The summed E-state index contributed by atoms with van der Waals surface area (Å²) < 4.78 is 9.46. The summed E-state index contributed by atoms with van der Waals surface area (Å²) in [6.45, 7) is 6.48. The van der Waals surface area contributed by atoms with Crippen LogP contribution in [-0.4, -0.2) is 37.5 Å². The van der Waals surface area contributed by atoms with Crippen molar-refractivity contribution < 1.29 is 19.4 Å². The highest BCUT2D eigenvalue weighted by Gasteiger charge is 2.34. The second-order valence-electron chi connectivity index (χ2n) is 10.3. The smallest absolute Gasteiger partial charge is 0.338 e. The number of hydrogen-bond donors (Lipinski definition) is 1. The lowest BCUT2D eigenvalue weighted by molar-refractivity contribution is -0.143. The number of carboxylic acid groups (broad SMARTS) is 1. The minimum Gasteiger partial charge on any atom is -0.481 e. The standard InChI is InChI=1S/C31H25ClN4O3S2.C2H4O2/c1-18(2)39-30(38)26-19(3)33-31-36(28(26)24-10-7-15-40-24)29(37)25(41-31)16-21-17-35(23-8-5-4-6-9-23)34-27(21)20-11-13-22(32)14-12-20;1-2(3)4/h4-18,28H,1-3H3;1H3,(H,3,4)/b25-16-;. The number of rotatable bonds is 6. The lowest BCUT2D eigenvalue weighted by Gasteiger charge is -2.24. The molecule has 1 unspecified atom stereocenters. The molecule has 0 amide bonds. The molecule has 0 radical (unpaired) electrons. The number of nitrogens with zero attached hydrogens (tertiary/aromatic N) is 4. The largest absolute Gasteiger partial charge is 0.481 e. The van der Waals surface area contributed by atoms with Crippen LogP contribution in [0.1, 0.15) is 44.2 Å². The third-order valence-corrected chi connectivity index (χ3v) is 8.72. The molecule has 0 saturated carbocycles. The van der Waals surface area contributed by atoms with Crippen molar-refractivity contribution in [2.45, 2.75) is 39.8 Å². The number of aliphatic carboxylic acids is 1. The average molecular weight is 661 g/mol. The molecule has 1 aliphatic rings. The van der Waals surface area contributed by atoms with Crippen molar-refractivity contribution in [3.63, 3.8) is 0 Å². The van der Waals surface area contributed by atoms with Crippen LogP contribution >= 0.6 is 34.3 Å². The molecule has 2 aromatic carbocycles. The van der Waals surface area contributed by atoms with E-state index in [4.69, 9.17) is 36.3 Å². The monoisotopic (exact) mass is 660 g/mol. The SMILES string of the molecule is CC(=O)O.CC1=C(C(=O)OC(C)C)C(c2cccs2)n2c(s/c(=C\c3cn(-c4ccccc4)nc3-c3ccc(Cl)cc3)c2=O)=N1. The number of carboxylic acids is 1. The number of aromatic nitrogens is 3. The second-order valence-corrected chi connectivity index (χ2v) is 12.7. The Morgan fingerprint density at radius 1 is 1.07 bits per heavy atom. The van der Waals surface area contributed by atoms with Crippen molar-refractivity contribution in [3.8, 4) is 16.9 Å². The summed E-state index contributed by atoms with van der Waals surface area (Å²) in [5.74, 6) is -1.30. The number of fused-ring (bicyclic) bond motifs is 1.